The molecule has 0 unspecified atom stereocenters. The van der Waals surface area contributed by atoms with Crippen LogP contribution in [0.3, 0.4) is 0 Å². The highest BCUT2D eigenvalue weighted by molar-refractivity contribution is 9.10. The molecule has 0 aliphatic heterocycles. The Hall–Kier alpha value is -3.23. The van der Waals surface area contributed by atoms with Crippen molar-refractivity contribution >= 4 is 39.8 Å². The van der Waals surface area contributed by atoms with Crippen LogP contribution in [0.25, 0.3) is 17.1 Å². The molecule has 3 aromatic carbocycles. The van der Waals surface area contributed by atoms with Crippen LogP contribution in [0, 0.1) is 6.92 Å². The summed E-state index contributed by atoms with van der Waals surface area (Å²) in [5.74, 6) is 0.668. The second-order valence-corrected chi connectivity index (χ2v) is 8.84. The van der Waals surface area contributed by atoms with Gasteiger partial charge in [-0.1, -0.05) is 87.9 Å². The Labute approximate surface area is 198 Å². The Kier molecular flexibility index (Phi) is 7.14. The Morgan fingerprint density at radius 3 is 2.59 bits per heavy atom. The van der Waals surface area contributed by atoms with Gasteiger partial charge in [-0.2, -0.15) is 5.10 Å². The zero-order valence-corrected chi connectivity index (χ0v) is 19.7. The lowest BCUT2D eigenvalue weighted by atomic mass is 10.1. The minimum atomic E-state index is -0.222. The molecule has 4 aromatic rings. The van der Waals surface area contributed by atoms with Crippen molar-refractivity contribution in [2.75, 3.05) is 5.75 Å². The van der Waals surface area contributed by atoms with Crippen LogP contribution < -0.4 is 5.43 Å². The normalized spacial score (nSPS) is 11.1. The fraction of sp³-hybridized carbons (Fsp3) is 0.0833. The van der Waals surface area contributed by atoms with Gasteiger partial charge in [0.15, 0.2) is 11.0 Å². The standard InChI is InChI=1S/C24H20BrN5OS/c1-17-10-12-19(13-11-17)23-28-29-24(30(23)21-8-3-2-4-9-21)32-16-22(31)27-26-15-18-6-5-7-20(25)14-18/h2-15H,16H2,1H3,(H,27,31)/b26-15-. The van der Waals surface area contributed by atoms with Crippen molar-refractivity contribution in [3.05, 3.63) is 94.5 Å². The molecule has 1 heterocycles. The lowest BCUT2D eigenvalue weighted by Crippen LogP contribution is -2.20. The molecule has 0 saturated carbocycles. The summed E-state index contributed by atoms with van der Waals surface area (Å²) in [6, 6.07) is 25.7. The average molecular weight is 506 g/mol. The number of carbonyl (C=O) groups excluding carboxylic acids is 1. The fourth-order valence-electron chi connectivity index (χ4n) is 2.99. The van der Waals surface area contributed by atoms with E-state index in [2.05, 4.69) is 36.7 Å². The van der Waals surface area contributed by atoms with Crippen LogP contribution in [-0.2, 0) is 4.79 Å². The molecule has 160 valence electrons. The van der Waals surface area contributed by atoms with E-state index in [1.54, 1.807) is 6.21 Å². The molecule has 8 heteroatoms. The number of carbonyl (C=O) groups is 1. The second-order valence-electron chi connectivity index (χ2n) is 6.98. The van der Waals surface area contributed by atoms with Gasteiger partial charge < -0.3 is 0 Å². The van der Waals surface area contributed by atoms with E-state index >= 15 is 0 Å². The lowest BCUT2D eigenvalue weighted by molar-refractivity contribution is -0.118. The first-order valence-corrected chi connectivity index (χ1v) is 11.7. The summed E-state index contributed by atoms with van der Waals surface area (Å²) in [5.41, 5.74) is 6.52. The minimum absolute atomic E-state index is 0.161. The summed E-state index contributed by atoms with van der Waals surface area (Å²) >= 11 is 4.73. The van der Waals surface area contributed by atoms with E-state index in [1.165, 1.54) is 17.3 Å². The molecule has 6 nitrogen and oxygen atoms in total. The smallest absolute Gasteiger partial charge is 0.250 e. The zero-order valence-electron chi connectivity index (χ0n) is 17.3. The van der Waals surface area contributed by atoms with Crippen molar-refractivity contribution in [2.24, 2.45) is 5.10 Å². The quantitative estimate of drug-likeness (QED) is 0.211. The highest BCUT2D eigenvalue weighted by Crippen LogP contribution is 2.28. The molecule has 0 radical (unpaired) electrons. The number of hydrogen-bond acceptors (Lipinski definition) is 5. The fourth-order valence-corrected chi connectivity index (χ4v) is 4.15. The van der Waals surface area contributed by atoms with Crippen LogP contribution in [-0.4, -0.2) is 32.6 Å². The monoisotopic (exact) mass is 505 g/mol. The molecular weight excluding hydrogens is 486 g/mol. The van der Waals surface area contributed by atoms with E-state index in [4.69, 9.17) is 0 Å². The maximum absolute atomic E-state index is 12.3. The van der Waals surface area contributed by atoms with Crippen LogP contribution in [0.15, 0.2) is 93.6 Å². The third kappa shape index (κ3) is 5.52. The number of thioether (sulfide) groups is 1. The van der Waals surface area contributed by atoms with Gasteiger partial charge in [0.1, 0.15) is 0 Å². The van der Waals surface area contributed by atoms with E-state index in [0.29, 0.717) is 5.16 Å². The summed E-state index contributed by atoms with van der Waals surface area (Å²) < 4.78 is 2.92. The number of rotatable bonds is 7. The zero-order chi connectivity index (χ0) is 22.3. The minimum Gasteiger partial charge on any atom is -0.272 e. The molecule has 0 saturated heterocycles. The van der Waals surface area contributed by atoms with Gasteiger partial charge in [-0.05, 0) is 36.8 Å². The molecule has 0 bridgehead atoms. The Bertz CT molecular complexity index is 1240. The van der Waals surface area contributed by atoms with Gasteiger partial charge in [0.25, 0.3) is 5.91 Å². The van der Waals surface area contributed by atoms with Crippen molar-refractivity contribution in [3.63, 3.8) is 0 Å². The van der Waals surface area contributed by atoms with Crippen LogP contribution in [0.2, 0.25) is 0 Å². The van der Waals surface area contributed by atoms with Crippen molar-refractivity contribution in [1.82, 2.24) is 20.2 Å². The van der Waals surface area contributed by atoms with Gasteiger partial charge in [-0.15, -0.1) is 10.2 Å². The highest BCUT2D eigenvalue weighted by atomic mass is 79.9. The van der Waals surface area contributed by atoms with Gasteiger partial charge in [0, 0.05) is 15.7 Å². The number of aryl methyl sites for hydroxylation is 1. The largest absolute Gasteiger partial charge is 0.272 e. The first-order chi connectivity index (χ1) is 15.6. The first kappa shape index (κ1) is 22.0. The molecule has 0 atom stereocenters. The number of nitrogens with one attached hydrogen (secondary N) is 1. The second kappa shape index (κ2) is 10.4. The van der Waals surface area contributed by atoms with Gasteiger partial charge in [0.05, 0.1) is 12.0 Å². The van der Waals surface area contributed by atoms with Crippen LogP contribution >= 0.6 is 27.7 Å². The maximum Gasteiger partial charge on any atom is 0.250 e. The van der Waals surface area contributed by atoms with Crippen molar-refractivity contribution in [2.45, 2.75) is 12.1 Å². The van der Waals surface area contributed by atoms with Gasteiger partial charge in [-0.3, -0.25) is 9.36 Å². The maximum atomic E-state index is 12.3. The number of aromatic nitrogens is 3. The number of halogens is 1. The summed E-state index contributed by atoms with van der Waals surface area (Å²) in [4.78, 5) is 12.3. The summed E-state index contributed by atoms with van der Waals surface area (Å²) in [5, 5.41) is 13.4. The van der Waals surface area contributed by atoms with Gasteiger partial charge in [-0.25, -0.2) is 5.43 Å². The third-order valence-corrected chi connectivity index (χ3v) is 5.96. The summed E-state index contributed by atoms with van der Waals surface area (Å²) in [6.07, 6.45) is 1.61. The SMILES string of the molecule is Cc1ccc(-c2nnc(SCC(=O)N/N=C\c3cccc(Br)c3)n2-c2ccccc2)cc1. The molecule has 32 heavy (non-hydrogen) atoms. The Morgan fingerprint density at radius 2 is 1.84 bits per heavy atom. The average Bonchev–Trinajstić information content (AvgIpc) is 3.23. The molecule has 1 N–H and O–H groups in total. The van der Waals surface area contributed by atoms with E-state index in [9.17, 15) is 4.79 Å². The van der Waals surface area contributed by atoms with Crippen LogP contribution in [0.4, 0.5) is 0 Å². The molecule has 0 aliphatic carbocycles. The molecule has 0 fully saturated rings. The lowest BCUT2D eigenvalue weighted by Gasteiger charge is -2.10. The number of benzene rings is 3. The predicted molar refractivity (Wildman–Crippen MR) is 132 cm³/mol. The van der Waals surface area contributed by atoms with E-state index < -0.39 is 0 Å². The molecule has 4 rings (SSSR count). The number of nitrogens with zero attached hydrogens (tertiary/aromatic N) is 4. The molecule has 0 aliphatic rings. The predicted octanol–water partition coefficient (Wildman–Crippen LogP) is 5.25. The van der Waals surface area contributed by atoms with Crippen molar-refractivity contribution in [1.29, 1.82) is 0 Å². The highest BCUT2D eigenvalue weighted by Gasteiger charge is 2.17. The van der Waals surface area contributed by atoms with Crippen molar-refractivity contribution in [3.8, 4) is 17.1 Å². The molecule has 0 spiro atoms. The van der Waals surface area contributed by atoms with Gasteiger partial charge in [0.2, 0.25) is 0 Å². The molecule has 1 amide bonds. The third-order valence-electron chi connectivity index (χ3n) is 4.54. The summed E-state index contributed by atoms with van der Waals surface area (Å²) in [6.45, 7) is 2.05. The van der Waals surface area contributed by atoms with E-state index in [0.717, 1.165) is 27.1 Å². The topological polar surface area (TPSA) is 72.2 Å². The molecule has 1 aromatic heterocycles. The van der Waals surface area contributed by atoms with Crippen LogP contribution in [0.1, 0.15) is 11.1 Å². The number of para-hydroxylation sites is 1. The van der Waals surface area contributed by atoms with Crippen LogP contribution in [0.5, 0.6) is 0 Å². The van der Waals surface area contributed by atoms with Gasteiger partial charge >= 0.3 is 0 Å². The number of hydrazone groups is 1. The first-order valence-electron chi connectivity index (χ1n) is 9.88. The number of hydrogen-bond donors (Lipinski definition) is 1. The Balaban J connectivity index is 1.49. The number of amides is 1. The summed E-state index contributed by atoms with van der Waals surface area (Å²) in [7, 11) is 0. The van der Waals surface area contributed by atoms with Crippen molar-refractivity contribution < 1.29 is 4.79 Å². The molecular formula is C24H20BrN5OS. The van der Waals surface area contributed by atoms with E-state index in [1.807, 2.05) is 90.4 Å². The van der Waals surface area contributed by atoms with E-state index in [-0.39, 0.29) is 11.7 Å². The Morgan fingerprint density at radius 1 is 1.06 bits per heavy atom.